The minimum Gasteiger partial charge on any atom is -0.493 e. The number of ether oxygens (including phenoxy) is 1. The molecule has 0 bridgehead atoms. The molecule has 2 aromatic carbocycles. The number of piperazine rings is 1. The van der Waals surface area contributed by atoms with Crippen molar-refractivity contribution < 1.29 is 9.84 Å². The van der Waals surface area contributed by atoms with E-state index >= 15 is 0 Å². The van der Waals surface area contributed by atoms with Crippen LogP contribution in [0.2, 0.25) is 0 Å². The summed E-state index contributed by atoms with van der Waals surface area (Å²) in [6, 6.07) is 18.1. The summed E-state index contributed by atoms with van der Waals surface area (Å²) in [6.45, 7) is 6.61. The van der Waals surface area contributed by atoms with E-state index in [1.165, 1.54) is 80.1 Å². The third-order valence-electron chi connectivity index (χ3n) is 6.69. The van der Waals surface area contributed by atoms with Crippen molar-refractivity contribution in [2.45, 2.75) is 67.3 Å². The molecule has 1 aliphatic heterocycles. The summed E-state index contributed by atoms with van der Waals surface area (Å²) in [7, 11) is 0. The molecule has 1 N–H and O–H groups in total. The van der Waals surface area contributed by atoms with Crippen molar-refractivity contribution in [3.05, 3.63) is 54.1 Å². The lowest BCUT2D eigenvalue weighted by atomic mass is 10.1. The molecule has 2 aliphatic rings. The van der Waals surface area contributed by atoms with E-state index in [0.29, 0.717) is 13.0 Å². The smallest absolute Gasteiger partial charge is 0.120 e. The van der Waals surface area contributed by atoms with Gasteiger partial charge in [-0.3, -0.25) is 9.80 Å². The molecular weight excluding hydrogens is 472 g/mol. The molecule has 0 amide bonds. The fourth-order valence-corrected chi connectivity index (χ4v) is 5.71. The van der Waals surface area contributed by atoms with E-state index in [1.54, 1.807) is 23.5 Å². The molecule has 194 valence electrons. The number of aliphatic hydroxyl groups excluding tert-OH is 1. The van der Waals surface area contributed by atoms with E-state index in [0.717, 1.165) is 18.3 Å². The number of nitrogens with zero attached hydrogens (tertiary/aromatic N) is 2. The highest BCUT2D eigenvalue weighted by molar-refractivity contribution is 7.99. The molecule has 2 fully saturated rings. The third-order valence-corrected chi connectivity index (χ3v) is 7.69. The van der Waals surface area contributed by atoms with Crippen molar-refractivity contribution in [3.8, 4) is 5.75 Å². The normalized spacial score (nSPS) is 17.9. The first kappa shape index (κ1) is 28.4. The van der Waals surface area contributed by atoms with Crippen molar-refractivity contribution in [2.24, 2.45) is 0 Å². The van der Waals surface area contributed by atoms with Crippen LogP contribution in [0.5, 0.6) is 5.75 Å². The second kappa shape index (κ2) is 16.5. The molecular formula is C29H44N2O2S2. The number of hydrogen-bond acceptors (Lipinski definition) is 6. The zero-order valence-electron chi connectivity index (χ0n) is 21.7. The Kier molecular flexibility index (Phi) is 13.4. The molecule has 0 atom stereocenters. The van der Waals surface area contributed by atoms with Crippen LogP contribution in [0.15, 0.2) is 58.3 Å². The number of aliphatic hydroxyl groups is 1. The molecule has 4 nitrogen and oxygen atoms in total. The van der Waals surface area contributed by atoms with Gasteiger partial charge in [0.05, 0.1) is 6.61 Å². The summed E-state index contributed by atoms with van der Waals surface area (Å²) in [6.07, 6.45) is 13.3. The lowest BCUT2D eigenvalue weighted by Gasteiger charge is -2.39. The average Bonchev–Trinajstić information content (AvgIpc) is 3.17. The number of thioether (sulfide) groups is 1. The molecule has 2 aromatic rings. The fraction of sp³-hybridized carbons (Fsp3) is 0.586. The van der Waals surface area contributed by atoms with Gasteiger partial charge in [0.15, 0.2) is 0 Å². The van der Waals surface area contributed by atoms with Crippen molar-refractivity contribution in [2.75, 3.05) is 51.9 Å². The number of rotatable bonds is 9. The van der Waals surface area contributed by atoms with Crippen molar-refractivity contribution in [1.82, 2.24) is 9.80 Å². The Morgan fingerprint density at radius 1 is 0.886 bits per heavy atom. The van der Waals surface area contributed by atoms with Crippen molar-refractivity contribution >= 4 is 23.5 Å². The zero-order chi connectivity index (χ0) is 24.7. The third kappa shape index (κ3) is 10.4. The van der Waals surface area contributed by atoms with E-state index in [-0.39, 0.29) is 6.61 Å². The number of benzene rings is 2. The van der Waals surface area contributed by atoms with Crippen LogP contribution >= 0.6 is 23.5 Å². The van der Waals surface area contributed by atoms with E-state index in [9.17, 15) is 0 Å². The van der Waals surface area contributed by atoms with Crippen LogP contribution in [-0.4, -0.2) is 72.9 Å². The first-order valence-electron chi connectivity index (χ1n) is 13.2. The van der Waals surface area contributed by atoms with Crippen LogP contribution in [-0.2, 0) is 6.54 Å². The van der Waals surface area contributed by atoms with Crippen LogP contribution in [0, 0.1) is 0 Å². The second-order valence-corrected chi connectivity index (χ2v) is 11.5. The highest BCUT2D eigenvalue weighted by atomic mass is 32.2. The predicted molar refractivity (Wildman–Crippen MR) is 152 cm³/mol. The van der Waals surface area contributed by atoms with Crippen molar-refractivity contribution in [3.63, 3.8) is 0 Å². The van der Waals surface area contributed by atoms with Gasteiger partial charge in [-0.25, -0.2) is 0 Å². The van der Waals surface area contributed by atoms with Crippen LogP contribution in [0.1, 0.15) is 50.5 Å². The van der Waals surface area contributed by atoms with Gasteiger partial charge in [-0.05, 0) is 61.2 Å². The molecule has 35 heavy (non-hydrogen) atoms. The minimum absolute atomic E-state index is 0.164. The first-order chi connectivity index (χ1) is 17.2. The van der Waals surface area contributed by atoms with Gasteiger partial charge in [-0.2, -0.15) is 11.8 Å². The Morgan fingerprint density at radius 2 is 1.57 bits per heavy atom. The van der Waals surface area contributed by atoms with E-state index in [1.807, 2.05) is 24.6 Å². The van der Waals surface area contributed by atoms with E-state index < -0.39 is 0 Å². The summed E-state index contributed by atoms with van der Waals surface area (Å²) in [5.41, 5.74) is 1.40. The van der Waals surface area contributed by atoms with Gasteiger partial charge < -0.3 is 9.84 Å². The summed E-state index contributed by atoms with van der Waals surface area (Å²) in [4.78, 5) is 7.81. The van der Waals surface area contributed by atoms with Gasteiger partial charge >= 0.3 is 0 Å². The Morgan fingerprint density at radius 3 is 2.23 bits per heavy atom. The highest BCUT2D eigenvalue weighted by Gasteiger charge is 2.24. The Bertz CT molecular complexity index is 818. The predicted octanol–water partition coefficient (Wildman–Crippen LogP) is 6.42. The highest BCUT2D eigenvalue weighted by Crippen LogP contribution is 2.30. The zero-order valence-corrected chi connectivity index (χ0v) is 23.3. The Labute approximate surface area is 221 Å². The molecule has 0 radical (unpaired) electrons. The quantitative estimate of drug-likeness (QED) is 0.306. The van der Waals surface area contributed by atoms with Gasteiger partial charge in [0.2, 0.25) is 0 Å². The van der Waals surface area contributed by atoms with E-state index in [2.05, 4.69) is 46.2 Å². The van der Waals surface area contributed by atoms with Crippen LogP contribution < -0.4 is 4.74 Å². The second-order valence-electron chi connectivity index (χ2n) is 9.51. The standard InChI is InChI=1S/C27H38N2O2S.C2H6S/c30-19-6-20-31-25-9-5-10-27(21-25)32-26-13-11-23(12-14-26)22-28-15-17-29(18-16-28)24-7-3-1-2-4-8-24;1-3-2/h5,9-14,21,24,30H,1-4,6-8,15-20,22H2;1-2H3. The van der Waals surface area contributed by atoms with Crippen LogP contribution in [0.25, 0.3) is 0 Å². The molecule has 4 rings (SSSR count). The average molecular weight is 517 g/mol. The van der Waals surface area contributed by atoms with Gasteiger partial charge in [-0.1, -0.05) is 55.6 Å². The molecule has 0 spiro atoms. The van der Waals surface area contributed by atoms with Gasteiger partial charge in [0.1, 0.15) is 5.75 Å². The molecule has 0 unspecified atom stereocenters. The Hall–Kier alpha value is -1.18. The number of hydrogen-bond donors (Lipinski definition) is 1. The maximum Gasteiger partial charge on any atom is 0.120 e. The van der Waals surface area contributed by atoms with E-state index in [4.69, 9.17) is 9.84 Å². The lowest BCUT2D eigenvalue weighted by molar-refractivity contribution is 0.0851. The Balaban J connectivity index is 0.00000108. The van der Waals surface area contributed by atoms with Gasteiger partial charge in [-0.15, -0.1) is 0 Å². The fourth-order valence-electron chi connectivity index (χ4n) is 4.85. The van der Waals surface area contributed by atoms with Gasteiger partial charge in [0, 0.05) is 61.6 Å². The molecule has 1 heterocycles. The summed E-state index contributed by atoms with van der Waals surface area (Å²) in [5, 5.41) is 8.91. The molecule has 1 saturated carbocycles. The first-order valence-corrected chi connectivity index (χ1v) is 15.6. The topological polar surface area (TPSA) is 35.9 Å². The molecule has 1 aliphatic carbocycles. The summed E-state index contributed by atoms with van der Waals surface area (Å²) in [5.74, 6) is 0.864. The van der Waals surface area contributed by atoms with Crippen LogP contribution in [0.4, 0.5) is 0 Å². The minimum atomic E-state index is 0.164. The van der Waals surface area contributed by atoms with Gasteiger partial charge in [0.25, 0.3) is 0 Å². The maximum atomic E-state index is 8.91. The molecule has 1 saturated heterocycles. The van der Waals surface area contributed by atoms with Crippen molar-refractivity contribution in [1.29, 1.82) is 0 Å². The largest absolute Gasteiger partial charge is 0.493 e. The molecule has 0 aromatic heterocycles. The SMILES string of the molecule is CSC.OCCCOc1cccc(Sc2ccc(CN3CCN(C4CCCCCC4)CC3)cc2)c1. The maximum absolute atomic E-state index is 8.91. The molecule has 6 heteroatoms. The monoisotopic (exact) mass is 516 g/mol. The van der Waals surface area contributed by atoms with Crippen LogP contribution in [0.3, 0.4) is 0 Å². The lowest BCUT2D eigenvalue weighted by Crippen LogP contribution is -2.49. The summed E-state index contributed by atoms with van der Waals surface area (Å²) < 4.78 is 5.70. The summed E-state index contributed by atoms with van der Waals surface area (Å²) >= 11 is 3.51.